The first kappa shape index (κ1) is 15.3. The quantitative estimate of drug-likeness (QED) is 0.838. The highest BCUT2D eigenvalue weighted by Gasteiger charge is 2.45. The molecule has 0 radical (unpaired) electrons. The fourth-order valence-electron chi connectivity index (χ4n) is 3.78. The molecule has 1 saturated heterocycles. The standard InChI is InChI=1S/C17H34N2/c1-6-14(2)11-19-12-15(16(3,4)5)18-13-17(19)9-7-8-10-17/h14-15,18H,6-13H2,1-5H3. The van der Waals surface area contributed by atoms with Crippen LogP contribution in [0.3, 0.4) is 0 Å². The Bertz CT molecular complexity index is 286. The van der Waals surface area contributed by atoms with Crippen LogP contribution in [0.1, 0.15) is 66.7 Å². The normalized spacial score (nSPS) is 29.8. The second-order valence-electron chi connectivity index (χ2n) is 8.15. The SMILES string of the molecule is CCC(C)CN1CC(C(C)(C)C)NCC12CCCC2. The number of rotatable bonds is 3. The summed E-state index contributed by atoms with van der Waals surface area (Å²) in [6, 6.07) is 0.641. The van der Waals surface area contributed by atoms with Gasteiger partial charge in [-0.05, 0) is 24.2 Å². The van der Waals surface area contributed by atoms with E-state index in [1.165, 1.54) is 51.7 Å². The van der Waals surface area contributed by atoms with E-state index in [4.69, 9.17) is 0 Å². The Morgan fingerprint density at radius 3 is 2.42 bits per heavy atom. The third-order valence-corrected chi connectivity index (χ3v) is 5.56. The molecule has 2 unspecified atom stereocenters. The van der Waals surface area contributed by atoms with E-state index in [-0.39, 0.29) is 0 Å². The zero-order valence-electron chi connectivity index (χ0n) is 13.8. The van der Waals surface area contributed by atoms with Crippen molar-refractivity contribution in [2.45, 2.75) is 78.3 Å². The zero-order valence-corrected chi connectivity index (χ0v) is 13.8. The van der Waals surface area contributed by atoms with Crippen molar-refractivity contribution in [3.63, 3.8) is 0 Å². The van der Waals surface area contributed by atoms with Crippen molar-refractivity contribution in [3.05, 3.63) is 0 Å². The smallest absolute Gasteiger partial charge is 0.0334 e. The van der Waals surface area contributed by atoms with Crippen LogP contribution in [0, 0.1) is 11.3 Å². The molecule has 1 aliphatic heterocycles. The molecular formula is C17H34N2. The van der Waals surface area contributed by atoms with Gasteiger partial charge < -0.3 is 5.32 Å². The van der Waals surface area contributed by atoms with E-state index in [0.29, 0.717) is 17.0 Å². The molecule has 1 aliphatic carbocycles. The molecule has 2 heteroatoms. The summed E-state index contributed by atoms with van der Waals surface area (Å²) in [6.45, 7) is 15.6. The lowest BCUT2D eigenvalue weighted by atomic mass is 9.81. The molecule has 1 N–H and O–H groups in total. The molecule has 0 aromatic heterocycles. The molecule has 1 heterocycles. The van der Waals surface area contributed by atoms with Gasteiger partial charge in [0.25, 0.3) is 0 Å². The van der Waals surface area contributed by atoms with Crippen LogP contribution in [-0.4, -0.2) is 36.1 Å². The molecule has 0 bridgehead atoms. The second kappa shape index (κ2) is 5.73. The first-order chi connectivity index (χ1) is 8.87. The van der Waals surface area contributed by atoms with Crippen molar-refractivity contribution in [1.29, 1.82) is 0 Å². The van der Waals surface area contributed by atoms with Gasteiger partial charge in [-0.25, -0.2) is 0 Å². The summed E-state index contributed by atoms with van der Waals surface area (Å²) in [5.41, 5.74) is 0.860. The topological polar surface area (TPSA) is 15.3 Å². The zero-order chi connectivity index (χ0) is 14.1. The van der Waals surface area contributed by atoms with Gasteiger partial charge in [0.15, 0.2) is 0 Å². The van der Waals surface area contributed by atoms with Gasteiger partial charge in [0.2, 0.25) is 0 Å². The van der Waals surface area contributed by atoms with Crippen molar-refractivity contribution < 1.29 is 0 Å². The van der Waals surface area contributed by atoms with Gasteiger partial charge in [-0.15, -0.1) is 0 Å². The van der Waals surface area contributed by atoms with Crippen molar-refractivity contribution in [1.82, 2.24) is 10.2 Å². The highest BCUT2D eigenvalue weighted by Crippen LogP contribution is 2.39. The van der Waals surface area contributed by atoms with Crippen molar-refractivity contribution in [2.75, 3.05) is 19.6 Å². The number of nitrogens with one attached hydrogen (secondary N) is 1. The Morgan fingerprint density at radius 1 is 1.26 bits per heavy atom. The summed E-state index contributed by atoms with van der Waals surface area (Å²) in [5.74, 6) is 0.830. The maximum atomic E-state index is 3.87. The highest BCUT2D eigenvalue weighted by atomic mass is 15.3. The lowest BCUT2D eigenvalue weighted by Gasteiger charge is -2.52. The summed E-state index contributed by atoms with van der Waals surface area (Å²) in [7, 11) is 0. The van der Waals surface area contributed by atoms with E-state index in [1.807, 2.05) is 0 Å². The predicted octanol–water partition coefficient (Wildman–Crippen LogP) is 3.67. The minimum absolute atomic E-state index is 0.369. The molecule has 0 amide bonds. The van der Waals surface area contributed by atoms with E-state index in [9.17, 15) is 0 Å². The molecule has 1 spiro atoms. The van der Waals surface area contributed by atoms with Crippen LogP contribution in [0.25, 0.3) is 0 Å². The number of piperazine rings is 1. The monoisotopic (exact) mass is 266 g/mol. The van der Waals surface area contributed by atoms with Crippen LogP contribution in [0.15, 0.2) is 0 Å². The molecule has 0 aromatic rings. The summed E-state index contributed by atoms with van der Waals surface area (Å²) >= 11 is 0. The van der Waals surface area contributed by atoms with Gasteiger partial charge in [0.05, 0.1) is 0 Å². The number of hydrogen-bond donors (Lipinski definition) is 1. The van der Waals surface area contributed by atoms with Crippen LogP contribution in [0.5, 0.6) is 0 Å². The van der Waals surface area contributed by atoms with E-state index >= 15 is 0 Å². The lowest BCUT2D eigenvalue weighted by molar-refractivity contribution is 0.00725. The second-order valence-corrected chi connectivity index (χ2v) is 8.15. The maximum absolute atomic E-state index is 3.87. The third kappa shape index (κ3) is 3.33. The van der Waals surface area contributed by atoms with Crippen molar-refractivity contribution >= 4 is 0 Å². The van der Waals surface area contributed by atoms with Crippen LogP contribution in [0.4, 0.5) is 0 Å². The van der Waals surface area contributed by atoms with E-state index in [1.54, 1.807) is 0 Å². The van der Waals surface area contributed by atoms with Gasteiger partial charge in [0.1, 0.15) is 0 Å². The minimum Gasteiger partial charge on any atom is -0.310 e. The van der Waals surface area contributed by atoms with E-state index in [2.05, 4.69) is 44.8 Å². The molecular weight excluding hydrogens is 232 g/mol. The molecule has 0 aromatic carbocycles. The lowest BCUT2D eigenvalue weighted by Crippen LogP contribution is -2.66. The van der Waals surface area contributed by atoms with Crippen LogP contribution in [0.2, 0.25) is 0 Å². The minimum atomic E-state index is 0.369. The molecule has 2 fully saturated rings. The summed E-state index contributed by atoms with van der Waals surface area (Å²) < 4.78 is 0. The first-order valence-electron chi connectivity index (χ1n) is 8.36. The molecule has 1 saturated carbocycles. The number of hydrogen-bond acceptors (Lipinski definition) is 2. The fraction of sp³-hybridized carbons (Fsp3) is 1.00. The molecule has 112 valence electrons. The molecule has 2 atom stereocenters. The van der Waals surface area contributed by atoms with Gasteiger partial charge in [0, 0.05) is 31.2 Å². The summed E-state index contributed by atoms with van der Waals surface area (Å²) in [4.78, 5) is 2.86. The van der Waals surface area contributed by atoms with E-state index < -0.39 is 0 Å². The number of nitrogens with zero attached hydrogens (tertiary/aromatic N) is 1. The molecule has 19 heavy (non-hydrogen) atoms. The molecule has 2 nitrogen and oxygen atoms in total. The Morgan fingerprint density at radius 2 is 1.89 bits per heavy atom. The van der Waals surface area contributed by atoms with Crippen molar-refractivity contribution in [2.24, 2.45) is 11.3 Å². The Balaban J connectivity index is 2.10. The van der Waals surface area contributed by atoms with Gasteiger partial charge in [-0.1, -0.05) is 53.9 Å². The average molecular weight is 266 g/mol. The fourth-order valence-corrected chi connectivity index (χ4v) is 3.78. The van der Waals surface area contributed by atoms with Gasteiger partial charge in [-0.2, -0.15) is 0 Å². The van der Waals surface area contributed by atoms with Gasteiger partial charge in [-0.3, -0.25) is 4.90 Å². The van der Waals surface area contributed by atoms with Crippen LogP contribution >= 0.6 is 0 Å². The highest BCUT2D eigenvalue weighted by molar-refractivity contribution is 5.03. The van der Waals surface area contributed by atoms with Gasteiger partial charge >= 0.3 is 0 Å². The van der Waals surface area contributed by atoms with Crippen LogP contribution < -0.4 is 5.32 Å². The van der Waals surface area contributed by atoms with Crippen molar-refractivity contribution in [3.8, 4) is 0 Å². The molecule has 2 rings (SSSR count). The average Bonchev–Trinajstić information content (AvgIpc) is 2.80. The summed E-state index contributed by atoms with van der Waals surface area (Å²) in [5, 5.41) is 3.87. The van der Waals surface area contributed by atoms with E-state index in [0.717, 1.165) is 5.92 Å². The predicted molar refractivity (Wildman–Crippen MR) is 83.5 cm³/mol. The van der Waals surface area contributed by atoms with Crippen LogP contribution in [-0.2, 0) is 0 Å². The Kier molecular flexibility index (Phi) is 4.62. The Hall–Kier alpha value is -0.0800. The largest absolute Gasteiger partial charge is 0.310 e. The third-order valence-electron chi connectivity index (χ3n) is 5.56. The first-order valence-corrected chi connectivity index (χ1v) is 8.36. The Labute approximate surface area is 120 Å². The molecule has 2 aliphatic rings. The maximum Gasteiger partial charge on any atom is 0.0334 e. The summed E-state index contributed by atoms with van der Waals surface area (Å²) in [6.07, 6.45) is 6.98.